The van der Waals surface area contributed by atoms with Crippen molar-refractivity contribution in [3.63, 3.8) is 0 Å². The highest BCUT2D eigenvalue weighted by atomic mass is 19.4. The fraction of sp³-hybridized carbons (Fsp3) is 1.00. The molecule has 1 unspecified atom stereocenters. The summed E-state index contributed by atoms with van der Waals surface area (Å²) in [6, 6.07) is -1.24. The Morgan fingerprint density at radius 3 is 2.00 bits per heavy atom. The topological polar surface area (TPSA) is 12.0 Å². The van der Waals surface area contributed by atoms with Gasteiger partial charge in [-0.05, 0) is 19.4 Å². The van der Waals surface area contributed by atoms with Crippen LogP contribution in [-0.4, -0.2) is 18.8 Å². The van der Waals surface area contributed by atoms with E-state index in [0.29, 0.717) is 13.0 Å². The summed E-state index contributed by atoms with van der Waals surface area (Å²) in [5.74, 6) is 0. The first-order valence-corrected chi connectivity index (χ1v) is 4.32. The minimum Gasteiger partial charge on any atom is -0.306 e. The van der Waals surface area contributed by atoms with Gasteiger partial charge in [0, 0.05) is 0 Å². The monoisotopic (exact) mass is 183 g/mol. The van der Waals surface area contributed by atoms with Crippen molar-refractivity contribution in [2.24, 2.45) is 0 Å². The van der Waals surface area contributed by atoms with Gasteiger partial charge in [0.1, 0.15) is 6.04 Å². The highest BCUT2D eigenvalue weighted by Gasteiger charge is 2.40. The Hall–Kier alpha value is -0.250. The van der Waals surface area contributed by atoms with Crippen LogP contribution in [-0.2, 0) is 0 Å². The second kappa shape index (κ2) is 5.41. The van der Waals surface area contributed by atoms with Crippen molar-refractivity contribution in [2.45, 2.75) is 45.3 Å². The zero-order valence-corrected chi connectivity index (χ0v) is 7.54. The molecule has 0 radical (unpaired) electrons. The lowest BCUT2D eigenvalue weighted by molar-refractivity contribution is -0.151. The zero-order chi connectivity index (χ0) is 9.61. The van der Waals surface area contributed by atoms with Gasteiger partial charge in [-0.1, -0.05) is 20.3 Å². The minimum atomic E-state index is -4.03. The van der Waals surface area contributed by atoms with E-state index >= 15 is 0 Å². The van der Waals surface area contributed by atoms with Gasteiger partial charge < -0.3 is 5.32 Å². The van der Waals surface area contributed by atoms with Crippen LogP contribution in [0.25, 0.3) is 0 Å². The van der Waals surface area contributed by atoms with Crippen LogP contribution in [0.2, 0.25) is 0 Å². The molecule has 0 bridgehead atoms. The Labute approximate surface area is 71.3 Å². The van der Waals surface area contributed by atoms with Gasteiger partial charge in [0.2, 0.25) is 0 Å². The molecule has 1 rings (SSSR count). The molecule has 1 heterocycles. The molecule has 0 amide bonds. The third kappa shape index (κ3) is 4.59. The van der Waals surface area contributed by atoms with Crippen molar-refractivity contribution in [1.29, 1.82) is 0 Å². The Bertz CT molecular complexity index is 105. The summed E-state index contributed by atoms with van der Waals surface area (Å²) in [6.45, 7) is 4.75. The Balaban J connectivity index is 0.000000354. The van der Waals surface area contributed by atoms with Crippen molar-refractivity contribution >= 4 is 0 Å². The second-order valence-corrected chi connectivity index (χ2v) is 2.90. The van der Waals surface area contributed by atoms with Crippen LogP contribution in [0.15, 0.2) is 0 Å². The molecular weight excluding hydrogens is 167 g/mol. The van der Waals surface area contributed by atoms with Crippen LogP contribution in [0.1, 0.15) is 33.1 Å². The van der Waals surface area contributed by atoms with Gasteiger partial charge in [0.15, 0.2) is 0 Å². The summed E-state index contributed by atoms with van der Waals surface area (Å²) in [6.07, 6.45) is -1.90. The molecule has 0 spiro atoms. The number of rotatable bonds is 0. The molecule has 1 fully saturated rings. The standard InChI is InChI=1S/C5H8F3N.C3H8/c6-5(7,8)4-2-1-3-9-4;1-3-2/h4,9H,1-3H2;3H2,1-2H3. The molecule has 0 aliphatic carbocycles. The van der Waals surface area contributed by atoms with Gasteiger partial charge in [0.25, 0.3) is 0 Å². The highest BCUT2D eigenvalue weighted by Crippen LogP contribution is 2.25. The predicted octanol–water partition coefficient (Wildman–Crippen LogP) is 2.72. The fourth-order valence-electron chi connectivity index (χ4n) is 0.964. The van der Waals surface area contributed by atoms with Gasteiger partial charge >= 0.3 is 6.18 Å². The van der Waals surface area contributed by atoms with Crippen LogP contribution < -0.4 is 5.32 Å². The fourth-order valence-corrected chi connectivity index (χ4v) is 0.964. The van der Waals surface area contributed by atoms with Crippen LogP contribution in [0.5, 0.6) is 0 Å². The molecular formula is C8H16F3N. The minimum absolute atomic E-state index is 0.240. The van der Waals surface area contributed by atoms with Gasteiger partial charge in [-0.25, -0.2) is 0 Å². The smallest absolute Gasteiger partial charge is 0.306 e. The van der Waals surface area contributed by atoms with E-state index in [9.17, 15) is 13.2 Å². The quantitative estimate of drug-likeness (QED) is 0.609. The summed E-state index contributed by atoms with van der Waals surface area (Å²) in [5.41, 5.74) is 0. The summed E-state index contributed by atoms with van der Waals surface area (Å²) in [5, 5.41) is 2.37. The normalized spacial score (nSPS) is 23.2. The highest BCUT2D eigenvalue weighted by molar-refractivity contribution is 4.80. The third-order valence-electron chi connectivity index (χ3n) is 1.46. The maximum absolute atomic E-state index is 11.7. The molecule has 1 saturated heterocycles. The van der Waals surface area contributed by atoms with E-state index in [0.717, 1.165) is 0 Å². The second-order valence-electron chi connectivity index (χ2n) is 2.90. The van der Waals surface area contributed by atoms with Crippen LogP contribution in [0.3, 0.4) is 0 Å². The number of alkyl halides is 3. The van der Waals surface area contributed by atoms with Crippen LogP contribution in [0.4, 0.5) is 13.2 Å². The Kier molecular flexibility index (Phi) is 5.29. The molecule has 74 valence electrons. The van der Waals surface area contributed by atoms with Crippen LogP contribution >= 0.6 is 0 Å². The lowest BCUT2D eigenvalue weighted by atomic mass is 10.2. The third-order valence-corrected chi connectivity index (χ3v) is 1.46. The van der Waals surface area contributed by atoms with Crippen molar-refractivity contribution in [1.82, 2.24) is 5.32 Å². The SMILES string of the molecule is CCC.FC(F)(F)C1CCCN1. The average Bonchev–Trinajstić information content (AvgIpc) is 2.36. The number of halogens is 3. The summed E-state index contributed by atoms with van der Waals surface area (Å²) < 4.78 is 35.1. The van der Waals surface area contributed by atoms with Gasteiger partial charge in [-0.2, -0.15) is 13.2 Å². The van der Waals surface area contributed by atoms with Crippen molar-refractivity contribution in [3.8, 4) is 0 Å². The maximum atomic E-state index is 11.7. The van der Waals surface area contributed by atoms with E-state index in [1.54, 1.807) is 0 Å². The Morgan fingerprint density at radius 1 is 1.33 bits per heavy atom. The van der Waals surface area contributed by atoms with Crippen molar-refractivity contribution < 1.29 is 13.2 Å². The first-order chi connectivity index (χ1) is 5.52. The van der Waals surface area contributed by atoms with Crippen molar-refractivity contribution in [3.05, 3.63) is 0 Å². The summed E-state index contributed by atoms with van der Waals surface area (Å²) in [4.78, 5) is 0. The lowest BCUT2D eigenvalue weighted by Gasteiger charge is -2.13. The van der Waals surface area contributed by atoms with E-state index < -0.39 is 12.2 Å². The van der Waals surface area contributed by atoms with Crippen LogP contribution in [0, 0.1) is 0 Å². The molecule has 12 heavy (non-hydrogen) atoms. The first-order valence-electron chi connectivity index (χ1n) is 4.32. The van der Waals surface area contributed by atoms with E-state index in [2.05, 4.69) is 19.2 Å². The molecule has 1 aliphatic rings. The average molecular weight is 183 g/mol. The molecule has 1 atom stereocenters. The summed E-state index contributed by atoms with van der Waals surface area (Å²) in [7, 11) is 0. The van der Waals surface area contributed by atoms with E-state index in [1.165, 1.54) is 6.42 Å². The van der Waals surface area contributed by atoms with E-state index in [-0.39, 0.29) is 6.42 Å². The molecule has 1 nitrogen and oxygen atoms in total. The molecule has 4 heteroatoms. The van der Waals surface area contributed by atoms with Gasteiger partial charge in [-0.15, -0.1) is 0 Å². The van der Waals surface area contributed by atoms with E-state index in [4.69, 9.17) is 0 Å². The molecule has 0 aromatic heterocycles. The lowest BCUT2D eigenvalue weighted by Crippen LogP contribution is -2.36. The molecule has 1 N–H and O–H groups in total. The van der Waals surface area contributed by atoms with Crippen molar-refractivity contribution in [2.75, 3.05) is 6.54 Å². The largest absolute Gasteiger partial charge is 0.403 e. The first kappa shape index (κ1) is 11.8. The number of hydrogen-bond acceptors (Lipinski definition) is 1. The Morgan fingerprint density at radius 2 is 1.83 bits per heavy atom. The molecule has 0 aromatic carbocycles. The molecule has 0 aromatic rings. The van der Waals surface area contributed by atoms with Gasteiger partial charge in [0.05, 0.1) is 0 Å². The summed E-state index contributed by atoms with van der Waals surface area (Å²) >= 11 is 0. The number of nitrogens with one attached hydrogen (secondary N) is 1. The van der Waals surface area contributed by atoms with Gasteiger partial charge in [-0.3, -0.25) is 0 Å². The zero-order valence-electron chi connectivity index (χ0n) is 7.54. The maximum Gasteiger partial charge on any atom is 0.403 e. The molecule has 0 saturated carbocycles. The predicted molar refractivity (Wildman–Crippen MR) is 43.0 cm³/mol. The van der Waals surface area contributed by atoms with E-state index in [1.807, 2.05) is 0 Å². The molecule has 1 aliphatic heterocycles. The number of hydrogen-bond donors (Lipinski definition) is 1.